The highest BCUT2D eigenvalue weighted by Gasteiger charge is 2.07. The van der Waals surface area contributed by atoms with Crippen molar-refractivity contribution in [3.63, 3.8) is 0 Å². The van der Waals surface area contributed by atoms with Crippen molar-refractivity contribution in [2.45, 2.75) is 0 Å². The van der Waals surface area contributed by atoms with Crippen molar-refractivity contribution in [2.75, 3.05) is 0 Å². The number of nitrogens with one attached hydrogen (secondary N) is 1. The van der Waals surface area contributed by atoms with E-state index in [0.717, 1.165) is 10.0 Å². The zero-order valence-corrected chi connectivity index (χ0v) is 11.3. The van der Waals surface area contributed by atoms with Gasteiger partial charge in [0.05, 0.1) is 6.21 Å². The number of aromatic nitrogens is 2. The third-order valence-corrected chi connectivity index (χ3v) is 2.78. The predicted octanol–water partition coefficient (Wildman–Crippen LogP) is 1.95. The van der Waals surface area contributed by atoms with E-state index in [4.69, 9.17) is 0 Å². The molecule has 0 fully saturated rings. The molecule has 18 heavy (non-hydrogen) atoms. The van der Waals surface area contributed by atoms with Crippen molar-refractivity contribution in [3.05, 3.63) is 52.3 Å². The molecule has 1 aromatic carbocycles. The first kappa shape index (κ1) is 12.5. The molecule has 5 nitrogen and oxygen atoms in total. The fourth-order valence-corrected chi connectivity index (χ4v) is 1.82. The molecule has 0 aliphatic carbocycles. The lowest BCUT2D eigenvalue weighted by Gasteiger charge is -1.99. The maximum Gasteiger partial charge on any atom is 0.289 e. The van der Waals surface area contributed by atoms with Crippen LogP contribution < -0.4 is 5.43 Å². The van der Waals surface area contributed by atoms with Crippen LogP contribution in [0.3, 0.4) is 0 Å². The molecular formula is C12H11BrN4O. The molecule has 2 aromatic rings. The van der Waals surface area contributed by atoms with E-state index < -0.39 is 0 Å². The van der Waals surface area contributed by atoms with Gasteiger partial charge in [0, 0.05) is 17.7 Å². The third kappa shape index (κ3) is 3.04. The molecule has 0 aliphatic heterocycles. The summed E-state index contributed by atoms with van der Waals surface area (Å²) in [5, 5.41) is 7.81. The van der Waals surface area contributed by atoms with E-state index in [9.17, 15) is 4.79 Å². The van der Waals surface area contributed by atoms with Crippen LogP contribution in [0.5, 0.6) is 0 Å². The molecule has 2 rings (SSSR count). The molecule has 1 N–H and O–H groups in total. The fourth-order valence-electron chi connectivity index (χ4n) is 1.41. The molecule has 1 aromatic heterocycles. The minimum Gasteiger partial charge on any atom is -0.266 e. The quantitative estimate of drug-likeness (QED) is 0.696. The molecule has 0 radical (unpaired) electrons. The average Bonchev–Trinajstić information content (AvgIpc) is 2.75. The summed E-state index contributed by atoms with van der Waals surface area (Å²) in [6.07, 6.45) is 3.14. The number of amides is 1. The maximum absolute atomic E-state index is 11.7. The van der Waals surface area contributed by atoms with Gasteiger partial charge in [0.1, 0.15) is 5.69 Å². The van der Waals surface area contributed by atoms with Gasteiger partial charge < -0.3 is 0 Å². The Labute approximate surface area is 113 Å². The molecule has 0 atom stereocenters. The lowest BCUT2D eigenvalue weighted by molar-refractivity contribution is 0.0946. The highest BCUT2D eigenvalue weighted by Crippen LogP contribution is 2.09. The van der Waals surface area contributed by atoms with Crippen molar-refractivity contribution >= 4 is 28.1 Å². The summed E-state index contributed by atoms with van der Waals surface area (Å²) in [7, 11) is 1.70. The molecular weight excluding hydrogens is 296 g/mol. The summed E-state index contributed by atoms with van der Waals surface area (Å²) >= 11 is 3.36. The van der Waals surface area contributed by atoms with Gasteiger partial charge in [0.2, 0.25) is 0 Å². The highest BCUT2D eigenvalue weighted by atomic mass is 79.9. The fraction of sp³-hybridized carbons (Fsp3) is 0.0833. The van der Waals surface area contributed by atoms with E-state index in [2.05, 4.69) is 31.6 Å². The zero-order chi connectivity index (χ0) is 13.0. The number of halogens is 1. The topological polar surface area (TPSA) is 59.3 Å². The molecule has 0 saturated carbocycles. The summed E-state index contributed by atoms with van der Waals surface area (Å²) in [5.41, 5.74) is 3.81. The van der Waals surface area contributed by atoms with Crippen LogP contribution in [-0.2, 0) is 7.05 Å². The number of hydrogen-bond acceptors (Lipinski definition) is 3. The van der Waals surface area contributed by atoms with Crippen LogP contribution in [0, 0.1) is 0 Å². The summed E-state index contributed by atoms with van der Waals surface area (Å²) in [6.45, 7) is 0. The van der Waals surface area contributed by atoms with Gasteiger partial charge in [0.25, 0.3) is 5.91 Å². The van der Waals surface area contributed by atoms with Crippen LogP contribution >= 0.6 is 15.9 Å². The molecule has 0 aliphatic rings. The Balaban J connectivity index is 2.00. The Morgan fingerprint density at radius 1 is 1.50 bits per heavy atom. The maximum atomic E-state index is 11.7. The number of hydrogen-bond donors (Lipinski definition) is 1. The number of benzene rings is 1. The number of carbonyl (C=O) groups is 1. The van der Waals surface area contributed by atoms with Gasteiger partial charge in [0.15, 0.2) is 0 Å². The largest absolute Gasteiger partial charge is 0.289 e. The van der Waals surface area contributed by atoms with Crippen LogP contribution in [-0.4, -0.2) is 21.9 Å². The van der Waals surface area contributed by atoms with Gasteiger partial charge in [-0.05, 0) is 23.8 Å². The van der Waals surface area contributed by atoms with Gasteiger partial charge >= 0.3 is 0 Å². The van der Waals surface area contributed by atoms with Crippen LogP contribution in [0.4, 0.5) is 0 Å². The smallest absolute Gasteiger partial charge is 0.266 e. The van der Waals surface area contributed by atoms with Crippen molar-refractivity contribution in [2.24, 2.45) is 12.1 Å². The van der Waals surface area contributed by atoms with Gasteiger partial charge in [-0.1, -0.05) is 28.1 Å². The van der Waals surface area contributed by atoms with Crippen LogP contribution in [0.2, 0.25) is 0 Å². The van der Waals surface area contributed by atoms with E-state index in [1.807, 2.05) is 24.3 Å². The molecule has 0 bridgehead atoms. The second-order valence-corrected chi connectivity index (χ2v) is 4.51. The van der Waals surface area contributed by atoms with E-state index >= 15 is 0 Å². The molecule has 6 heteroatoms. The number of carbonyl (C=O) groups excluding carboxylic acids is 1. The molecule has 0 saturated heterocycles. The Hall–Kier alpha value is -1.95. The monoisotopic (exact) mass is 306 g/mol. The lowest BCUT2D eigenvalue weighted by Crippen LogP contribution is -2.20. The first-order valence-corrected chi connectivity index (χ1v) is 6.03. The van der Waals surface area contributed by atoms with Crippen LogP contribution in [0.25, 0.3) is 0 Å². The van der Waals surface area contributed by atoms with Crippen molar-refractivity contribution < 1.29 is 4.79 Å². The van der Waals surface area contributed by atoms with E-state index in [1.165, 1.54) is 4.68 Å². The Bertz CT molecular complexity index is 591. The van der Waals surface area contributed by atoms with Crippen LogP contribution in [0.15, 0.2) is 46.1 Å². The number of nitrogens with zero attached hydrogens (tertiary/aromatic N) is 3. The summed E-state index contributed by atoms with van der Waals surface area (Å²) in [4.78, 5) is 11.7. The number of aryl methyl sites for hydroxylation is 1. The summed E-state index contributed by atoms with van der Waals surface area (Å²) in [6, 6.07) is 9.24. The highest BCUT2D eigenvalue weighted by molar-refractivity contribution is 9.10. The number of rotatable bonds is 3. The first-order valence-electron chi connectivity index (χ1n) is 5.24. The molecule has 1 amide bonds. The predicted molar refractivity (Wildman–Crippen MR) is 72.4 cm³/mol. The minimum absolute atomic E-state index is 0.291. The van der Waals surface area contributed by atoms with Crippen molar-refractivity contribution in [1.82, 2.24) is 15.2 Å². The Morgan fingerprint density at radius 3 is 3.00 bits per heavy atom. The molecule has 92 valence electrons. The molecule has 0 spiro atoms. The normalized spacial score (nSPS) is 10.8. The van der Waals surface area contributed by atoms with Crippen molar-refractivity contribution in [1.29, 1.82) is 0 Å². The molecule has 1 heterocycles. The van der Waals surface area contributed by atoms with Gasteiger partial charge in [-0.3, -0.25) is 9.48 Å². The van der Waals surface area contributed by atoms with E-state index in [-0.39, 0.29) is 5.91 Å². The summed E-state index contributed by atoms with van der Waals surface area (Å²) in [5.74, 6) is -0.291. The Kier molecular flexibility index (Phi) is 3.88. The second kappa shape index (κ2) is 5.59. The van der Waals surface area contributed by atoms with Crippen molar-refractivity contribution in [3.8, 4) is 0 Å². The van der Waals surface area contributed by atoms with Gasteiger partial charge in [-0.25, -0.2) is 5.43 Å². The summed E-state index contributed by atoms with van der Waals surface area (Å²) < 4.78 is 2.45. The first-order chi connectivity index (χ1) is 8.66. The lowest BCUT2D eigenvalue weighted by atomic mass is 10.2. The second-order valence-electron chi connectivity index (χ2n) is 3.59. The third-order valence-electron chi connectivity index (χ3n) is 2.28. The average molecular weight is 307 g/mol. The standard InChI is InChI=1S/C12H11BrN4O/c1-17-11(5-6-15-17)12(18)16-14-8-9-3-2-4-10(13)7-9/h2-8H,1H3,(H,16,18). The van der Waals surface area contributed by atoms with E-state index in [1.54, 1.807) is 25.5 Å². The SMILES string of the molecule is Cn1nccc1C(=O)NN=Cc1cccc(Br)c1. The van der Waals surface area contributed by atoms with Gasteiger partial charge in [-0.15, -0.1) is 0 Å². The van der Waals surface area contributed by atoms with Crippen LogP contribution in [0.1, 0.15) is 16.1 Å². The number of hydrazone groups is 1. The van der Waals surface area contributed by atoms with Gasteiger partial charge in [-0.2, -0.15) is 10.2 Å². The zero-order valence-electron chi connectivity index (χ0n) is 9.67. The Morgan fingerprint density at radius 2 is 2.33 bits per heavy atom. The van der Waals surface area contributed by atoms with E-state index in [0.29, 0.717) is 5.69 Å². The molecule has 0 unspecified atom stereocenters. The minimum atomic E-state index is -0.291.